The van der Waals surface area contributed by atoms with E-state index in [2.05, 4.69) is 43.0 Å². The molecule has 5 heteroatoms. The van der Waals surface area contributed by atoms with E-state index in [1.165, 1.54) is 12.1 Å². The van der Waals surface area contributed by atoms with Crippen molar-refractivity contribution in [2.45, 2.75) is 33.0 Å². The number of morpholine rings is 1. The Bertz CT molecular complexity index is 1310. The zero-order valence-electron chi connectivity index (χ0n) is 20.0. The van der Waals surface area contributed by atoms with E-state index in [-0.39, 0.29) is 18.0 Å². The van der Waals surface area contributed by atoms with Gasteiger partial charge in [-0.05, 0) is 56.2 Å². The molecule has 0 saturated carbocycles. The molecule has 174 valence electrons. The molecule has 0 amide bonds. The van der Waals surface area contributed by atoms with Crippen LogP contribution >= 0.6 is 0 Å². The number of benzene rings is 3. The Labute approximate surface area is 200 Å². The molecule has 4 aromatic rings. The lowest BCUT2D eigenvalue weighted by molar-refractivity contribution is -0.00521. The van der Waals surface area contributed by atoms with E-state index < -0.39 is 0 Å². The molecule has 2 heterocycles. The minimum absolute atomic E-state index is 0.200. The molecule has 34 heavy (non-hydrogen) atoms. The molecule has 2 unspecified atom stereocenters. The smallest absolute Gasteiger partial charge is 0.137 e. The van der Waals surface area contributed by atoms with Gasteiger partial charge in [-0.25, -0.2) is 4.39 Å². The van der Waals surface area contributed by atoms with Crippen molar-refractivity contribution in [3.8, 4) is 28.0 Å². The maximum absolute atomic E-state index is 14.7. The largest absolute Gasteiger partial charge is 0.495 e. The number of methoxy groups -OCH3 is 1. The second kappa shape index (κ2) is 9.07. The van der Waals surface area contributed by atoms with Crippen LogP contribution < -0.4 is 9.64 Å². The van der Waals surface area contributed by atoms with Gasteiger partial charge < -0.3 is 14.4 Å². The second-order valence-electron chi connectivity index (χ2n) is 9.13. The van der Waals surface area contributed by atoms with E-state index in [0.29, 0.717) is 11.1 Å². The first-order valence-corrected chi connectivity index (χ1v) is 11.7. The van der Waals surface area contributed by atoms with Crippen molar-refractivity contribution >= 4 is 16.6 Å². The van der Waals surface area contributed by atoms with E-state index in [0.717, 1.165) is 52.1 Å². The molecule has 2 atom stereocenters. The minimum Gasteiger partial charge on any atom is -0.495 e. The number of aryl methyl sites for hydroxylation is 1. The molecule has 5 rings (SSSR count). The van der Waals surface area contributed by atoms with Crippen LogP contribution in [0.2, 0.25) is 0 Å². The van der Waals surface area contributed by atoms with Crippen LogP contribution in [0, 0.1) is 12.7 Å². The third kappa shape index (κ3) is 4.24. The van der Waals surface area contributed by atoms with Gasteiger partial charge in [0, 0.05) is 41.5 Å². The van der Waals surface area contributed by atoms with Gasteiger partial charge in [-0.1, -0.05) is 42.0 Å². The van der Waals surface area contributed by atoms with E-state index >= 15 is 0 Å². The Morgan fingerprint density at radius 1 is 0.912 bits per heavy atom. The highest BCUT2D eigenvalue weighted by atomic mass is 19.1. The van der Waals surface area contributed by atoms with Crippen LogP contribution in [-0.4, -0.2) is 37.4 Å². The molecule has 0 spiro atoms. The Balaban J connectivity index is 1.56. The summed E-state index contributed by atoms with van der Waals surface area (Å²) in [6.07, 6.45) is 2.22. The number of anilines is 1. The highest BCUT2D eigenvalue weighted by Gasteiger charge is 2.23. The van der Waals surface area contributed by atoms with Gasteiger partial charge in [0.2, 0.25) is 0 Å². The monoisotopic (exact) mass is 456 g/mol. The van der Waals surface area contributed by atoms with Crippen LogP contribution in [-0.2, 0) is 4.74 Å². The third-order valence-corrected chi connectivity index (χ3v) is 6.42. The molecule has 4 nitrogen and oxygen atoms in total. The molecule has 0 radical (unpaired) electrons. The minimum atomic E-state index is -0.314. The predicted octanol–water partition coefficient (Wildman–Crippen LogP) is 6.64. The van der Waals surface area contributed by atoms with Crippen molar-refractivity contribution in [1.82, 2.24) is 4.98 Å². The lowest BCUT2D eigenvalue weighted by Gasteiger charge is -2.36. The summed E-state index contributed by atoms with van der Waals surface area (Å²) in [7, 11) is 1.62. The fourth-order valence-corrected chi connectivity index (χ4v) is 4.86. The van der Waals surface area contributed by atoms with Crippen LogP contribution in [0.3, 0.4) is 0 Å². The molecule has 1 aromatic heterocycles. The Kier molecular flexibility index (Phi) is 5.96. The zero-order valence-corrected chi connectivity index (χ0v) is 20.0. The number of hydrogen-bond acceptors (Lipinski definition) is 4. The molecular formula is C29H29FN2O2. The predicted molar refractivity (Wildman–Crippen MR) is 136 cm³/mol. The summed E-state index contributed by atoms with van der Waals surface area (Å²) in [5, 5.41) is 0.662. The molecule has 0 bridgehead atoms. The van der Waals surface area contributed by atoms with Crippen molar-refractivity contribution in [2.24, 2.45) is 0 Å². The summed E-state index contributed by atoms with van der Waals surface area (Å²) in [6.45, 7) is 7.98. The van der Waals surface area contributed by atoms with Crippen molar-refractivity contribution in [1.29, 1.82) is 0 Å². The molecule has 0 N–H and O–H groups in total. The van der Waals surface area contributed by atoms with Crippen molar-refractivity contribution in [2.75, 3.05) is 25.1 Å². The first-order chi connectivity index (χ1) is 16.4. The SMILES string of the molecule is COc1c(-c2ccc(N3CC(C)OC(C)C3)cc2)cnc2c(-c3ccc(C)cc3)cc(F)cc12. The maximum atomic E-state index is 14.7. The number of fused-ring (bicyclic) bond motifs is 1. The average molecular weight is 457 g/mol. The molecular weight excluding hydrogens is 427 g/mol. The van der Waals surface area contributed by atoms with Crippen LogP contribution in [0.1, 0.15) is 19.4 Å². The quantitative estimate of drug-likeness (QED) is 0.345. The van der Waals surface area contributed by atoms with Crippen LogP contribution in [0.25, 0.3) is 33.2 Å². The van der Waals surface area contributed by atoms with Gasteiger partial charge >= 0.3 is 0 Å². The first kappa shape index (κ1) is 22.4. The van der Waals surface area contributed by atoms with Gasteiger partial charge in [-0.15, -0.1) is 0 Å². The van der Waals surface area contributed by atoms with Crippen LogP contribution in [0.15, 0.2) is 66.9 Å². The number of aromatic nitrogens is 1. The lowest BCUT2D eigenvalue weighted by atomic mass is 9.97. The highest BCUT2D eigenvalue weighted by Crippen LogP contribution is 2.40. The molecule has 1 aliphatic rings. The summed E-state index contributed by atoms with van der Waals surface area (Å²) in [4.78, 5) is 7.11. The average Bonchev–Trinajstić information content (AvgIpc) is 2.83. The number of rotatable bonds is 4. The fraction of sp³-hybridized carbons (Fsp3) is 0.276. The zero-order chi connectivity index (χ0) is 23.8. The number of pyridine rings is 1. The van der Waals surface area contributed by atoms with Gasteiger partial charge in [0.25, 0.3) is 0 Å². The van der Waals surface area contributed by atoms with Crippen molar-refractivity contribution in [3.63, 3.8) is 0 Å². The molecule has 1 saturated heterocycles. The summed E-state index contributed by atoms with van der Waals surface area (Å²) in [5.41, 5.74) is 6.53. The fourth-order valence-electron chi connectivity index (χ4n) is 4.86. The standard InChI is InChI=1S/C29H29FN2O2/c1-18-5-7-21(8-6-18)25-13-23(30)14-26-28(25)31-15-27(29(26)33-4)22-9-11-24(12-10-22)32-16-19(2)34-20(3)17-32/h5-15,19-20H,16-17H2,1-4H3. The summed E-state index contributed by atoms with van der Waals surface area (Å²) in [6, 6.07) is 19.5. The Morgan fingerprint density at radius 3 is 2.18 bits per heavy atom. The van der Waals surface area contributed by atoms with E-state index in [1.807, 2.05) is 37.4 Å². The third-order valence-electron chi connectivity index (χ3n) is 6.42. The van der Waals surface area contributed by atoms with E-state index in [9.17, 15) is 4.39 Å². The number of nitrogens with zero attached hydrogens (tertiary/aromatic N) is 2. The maximum Gasteiger partial charge on any atom is 0.137 e. The lowest BCUT2D eigenvalue weighted by Crippen LogP contribution is -2.45. The summed E-state index contributed by atoms with van der Waals surface area (Å²) < 4.78 is 26.4. The topological polar surface area (TPSA) is 34.6 Å². The Morgan fingerprint density at radius 2 is 1.53 bits per heavy atom. The molecule has 1 fully saturated rings. The Hall–Kier alpha value is -3.44. The molecule has 1 aliphatic heterocycles. The number of hydrogen-bond donors (Lipinski definition) is 0. The normalized spacial score (nSPS) is 18.3. The van der Waals surface area contributed by atoms with Gasteiger partial charge in [0.05, 0.1) is 24.8 Å². The van der Waals surface area contributed by atoms with E-state index in [4.69, 9.17) is 14.5 Å². The van der Waals surface area contributed by atoms with Gasteiger partial charge in [0.15, 0.2) is 0 Å². The summed E-state index contributed by atoms with van der Waals surface area (Å²) in [5.74, 6) is 0.311. The molecule has 0 aliphatic carbocycles. The first-order valence-electron chi connectivity index (χ1n) is 11.7. The van der Waals surface area contributed by atoms with Gasteiger partial charge in [-0.2, -0.15) is 0 Å². The number of halogens is 1. The number of ether oxygens (including phenoxy) is 2. The van der Waals surface area contributed by atoms with Crippen LogP contribution in [0.5, 0.6) is 5.75 Å². The molecule has 3 aromatic carbocycles. The van der Waals surface area contributed by atoms with Crippen LogP contribution in [0.4, 0.5) is 10.1 Å². The van der Waals surface area contributed by atoms with E-state index in [1.54, 1.807) is 7.11 Å². The van der Waals surface area contributed by atoms with Crippen molar-refractivity contribution in [3.05, 3.63) is 78.2 Å². The van der Waals surface area contributed by atoms with Gasteiger partial charge in [0.1, 0.15) is 11.6 Å². The highest BCUT2D eigenvalue weighted by molar-refractivity contribution is 6.00. The summed E-state index contributed by atoms with van der Waals surface area (Å²) >= 11 is 0. The van der Waals surface area contributed by atoms with Crippen molar-refractivity contribution < 1.29 is 13.9 Å². The second-order valence-corrected chi connectivity index (χ2v) is 9.13. The van der Waals surface area contributed by atoms with Gasteiger partial charge in [-0.3, -0.25) is 4.98 Å².